The Hall–Kier alpha value is -1.66. The van der Waals surface area contributed by atoms with Gasteiger partial charge in [-0.1, -0.05) is 35.8 Å². The van der Waals surface area contributed by atoms with E-state index in [0.29, 0.717) is 5.82 Å². The van der Waals surface area contributed by atoms with Crippen molar-refractivity contribution in [3.05, 3.63) is 39.6 Å². The van der Waals surface area contributed by atoms with Crippen LogP contribution in [0, 0.1) is 13.8 Å². The fourth-order valence-electron chi connectivity index (χ4n) is 1.86. The zero-order valence-electron chi connectivity index (χ0n) is 12.7. The summed E-state index contributed by atoms with van der Waals surface area (Å²) in [6.07, 6.45) is 0. The van der Waals surface area contributed by atoms with E-state index in [9.17, 15) is 0 Å². The molecular weight excluding hydrogens is 330 g/mol. The lowest BCUT2D eigenvalue weighted by atomic mass is 10.2. The molecule has 4 N–H and O–H groups in total. The highest BCUT2D eigenvalue weighted by Crippen LogP contribution is 2.27. The van der Waals surface area contributed by atoms with Crippen LogP contribution >= 0.6 is 15.9 Å². The van der Waals surface area contributed by atoms with Gasteiger partial charge in [0.25, 0.3) is 0 Å². The highest BCUT2D eigenvalue weighted by atomic mass is 79.9. The molecule has 0 atom stereocenters. The third-order valence-electron chi connectivity index (χ3n) is 3.25. The van der Waals surface area contributed by atoms with Crippen LogP contribution in [0.3, 0.4) is 0 Å². The van der Waals surface area contributed by atoms with Gasteiger partial charge in [0.2, 0.25) is 0 Å². The van der Waals surface area contributed by atoms with Crippen molar-refractivity contribution < 1.29 is 0 Å². The summed E-state index contributed by atoms with van der Waals surface area (Å²) >= 11 is 3.54. The Morgan fingerprint density at radius 1 is 1.14 bits per heavy atom. The van der Waals surface area contributed by atoms with Crippen molar-refractivity contribution in [2.45, 2.75) is 33.6 Å². The Morgan fingerprint density at radius 2 is 1.81 bits per heavy atom. The molecule has 1 aromatic heterocycles. The van der Waals surface area contributed by atoms with Crippen LogP contribution in [0.1, 0.15) is 36.7 Å². The molecule has 0 aliphatic rings. The second-order valence-corrected chi connectivity index (χ2v) is 6.15. The normalized spacial score (nSPS) is 10.8. The van der Waals surface area contributed by atoms with Crippen molar-refractivity contribution in [1.29, 1.82) is 0 Å². The maximum absolute atomic E-state index is 5.55. The first kappa shape index (κ1) is 15.7. The average molecular weight is 350 g/mol. The summed E-state index contributed by atoms with van der Waals surface area (Å²) in [7, 11) is 0. The van der Waals surface area contributed by atoms with E-state index < -0.39 is 0 Å². The summed E-state index contributed by atoms with van der Waals surface area (Å²) in [6.45, 7) is 8.09. The first-order chi connectivity index (χ1) is 9.92. The van der Waals surface area contributed by atoms with Gasteiger partial charge in [0.1, 0.15) is 17.5 Å². The SMILES string of the molecule is Cc1ccc(Nc2nc(C(C)C)nc(NN)c2C)cc1Br. The van der Waals surface area contributed by atoms with Crippen LogP contribution in [0.15, 0.2) is 22.7 Å². The van der Waals surface area contributed by atoms with Crippen molar-refractivity contribution in [3.63, 3.8) is 0 Å². The van der Waals surface area contributed by atoms with Gasteiger partial charge < -0.3 is 10.7 Å². The van der Waals surface area contributed by atoms with E-state index in [1.54, 1.807) is 0 Å². The second kappa shape index (κ2) is 6.41. The largest absolute Gasteiger partial charge is 0.340 e. The van der Waals surface area contributed by atoms with E-state index in [1.165, 1.54) is 5.56 Å². The number of nitrogen functional groups attached to an aromatic ring is 1. The lowest BCUT2D eigenvalue weighted by Gasteiger charge is -2.15. The molecule has 1 aromatic carbocycles. The minimum atomic E-state index is 0.225. The summed E-state index contributed by atoms with van der Waals surface area (Å²) in [6, 6.07) is 6.10. The van der Waals surface area contributed by atoms with Crippen LogP contribution < -0.4 is 16.6 Å². The Labute approximate surface area is 133 Å². The van der Waals surface area contributed by atoms with E-state index in [2.05, 4.69) is 57.4 Å². The highest BCUT2D eigenvalue weighted by molar-refractivity contribution is 9.10. The molecule has 5 nitrogen and oxygen atoms in total. The molecule has 6 heteroatoms. The number of hydrazine groups is 1. The second-order valence-electron chi connectivity index (χ2n) is 5.29. The Bertz CT molecular complexity index is 655. The smallest absolute Gasteiger partial charge is 0.148 e. The van der Waals surface area contributed by atoms with Gasteiger partial charge in [0, 0.05) is 21.6 Å². The van der Waals surface area contributed by atoms with Crippen molar-refractivity contribution in [2.75, 3.05) is 10.7 Å². The molecule has 1 heterocycles. The highest BCUT2D eigenvalue weighted by Gasteiger charge is 2.13. The molecule has 2 rings (SSSR count). The Balaban J connectivity index is 2.42. The van der Waals surface area contributed by atoms with Gasteiger partial charge in [0.15, 0.2) is 0 Å². The minimum Gasteiger partial charge on any atom is -0.340 e. The van der Waals surface area contributed by atoms with Gasteiger partial charge in [-0.2, -0.15) is 0 Å². The van der Waals surface area contributed by atoms with Gasteiger partial charge >= 0.3 is 0 Å². The summed E-state index contributed by atoms with van der Waals surface area (Å²) in [4.78, 5) is 9.02. The summed E-state index contributed by atoms with van der Waals surface area (Å²) in [5.74, 6) is 7.93. The van der Waals surface area contributed by atoms with Crippen molar-refractivity contribution in [3.8, 4) is 0 Å². The quantitative estimate of drug-likeness (QED) is 0.574. The summed E-state index contributed by atoms with van der Waals surface area (Å²) in [5.41, 5.74) is 5.68. The number of halogens is 1. The van der Waals surface area contributed by atoms with Crippen LogP contribution in [0.25, 0.3) is 0 Å². The molecule has 2 aromatic rings. The first-order valence-corrected chi connectivity index (χ1v) is 7.60. The topological polar surface area (TPSA) is 75.9 Å². The maximum Gasteiger partial charge on any atom is 0.148 e. The van der Waals surface area contributed by atoms with E-state index in [4.69, 9.17) is 5.84 Å². The van der Waals surface area contributed by atoms with Gasteiger partial charge in [-0.25, -0.2) is 15.8 Å². The molecule has 0 saturated heterocycles. The third-order valence-corrected chi connectivity index (χ3v) is 4.11. The molecule has 0 saturated carbocycles. The monoisotopic (exact) mass is 349 g/mol. The molecule has 0 amide bonds. The van der Waals surface area contributed by atoms with Gasteiger partial charge in [-0.15, -0.1) is 0 Å². The zero-order valence-corrected chi connectivity index (χ0v) is 14.2. The van der Waals surface area contributed by atoms with Crippen molar-refractivity contribution in [2.24, 2.45) is 5.84 Å². The number of rotatable bonds is 4. The van der Waals surface area contributed by atoms with Crippen molar-refractivity contribution >= 4 is 33.3 Å². The number of hydrogen-bond acceptors (Lipinski definition) is 5. The molecule has 0 fully saturated rings. The molecule has 112 valence electrons. The molecule has 0 radical (unpaired) electrons. The van der Waals surface area contributed by atoms with Crippen molar-refractivity contribution in [1.82, 2.24) is 9.97 Å². The van der Waals surface area contributed by atoms with Crippen LogP contribution in [-0.4, -0.2) is 9.97 Å². The lowest BCUT2D eigenvalue weighted by molar-refractivity contribution is 0.774. The predicted octanol–water partition coefficient (Wildman–Crippen LogP) is 4.01. The van der Waals surface area contributed by atoms with E-state index in [-0.39, 0.29) is 5.92 Å². The number of nitrogens with zero attached hydrogens (tertiary/aromatic N) is 2. The van der Waals surface area contributed by atoms with Gasteiger partial charge in [0.05, 0.1) is 0 Å². The zero-order chi connectivity index (χ0) is 15.6. The summed E-state index contributed by atoms with van der Waals surface area (Å²) in [5, 5.41) is 3.33. The fourth-order valence-corrected chi connectivity index (χ4v) is 2.24. The maximum atomic E-state index is 5.55. The Morgan fingerprint density at radius 3 is 2.38 bits per heavy atom. The van der Waals surface area contributed by atoms with Crippen LogP contribution in [-0.2, 0) is 0 Å². The number of aromatic nitrogens is 2. The number of nitrogens with two attached hydrogens (primary N) is 1. The number of benzene rings is 1. The number of anilines is 3. The molecule has 0 spiro atoms. The van der Waals surface area contributed by atoms with E-state index >= 15 is 0 Å². The molecule has 0 bridgehead atoms. The van der Waals surface area contributed by atoms with E-state index in [1.807, 2.05) is 25.1 Å². The minimum absolute atomic E-state index is 0.225. The molecule has 21 heavy (non-hydrogen) atoms. The van der Waals surface area contributed by atoms with Gasteiger partial charge in [-0.3, -0.25) is 0 Å². The first-order valence-electron chi connectivity index (χ1n) is 6.80. The van der Waals surface area contributed by atoms with Crippen LogP contribution in [0.4, 0.5) is 17.3 Å². The van der Waals surface area contributed by atoms with Crippen LogP contribution in [0.5, 0.6) is 0 Å². The Kier molecular flexibility index (Phi) is 4.80. The van der Waals surface area contributed by atoms with Gasteiger partial charge in [-0.05, 0) is 31.5 Å². The number of aryl methyl sites for hydroxylation is 1. The summed E-state index contributed by atoms with van der Waals surface area (Å²) < 4.78 is 1.06. The van der Waals surface area contributed by atoms with Crippen LogP contribution in [0.2, 0.25) is 0 Å². The third kappa shape index (κ3) is 3.51. The molecule has 0 aliphatic heterocycles. The molecule has 0 aliphatic carbocycles. The molecule has 0 unspecified atom stereocenters. The number of nitrogens with one attached hydrogen (secondary N) is 2. The average Bonchev–Trinajstić information content (AvgIpc) is 2.44. The lowest BCUT2D eigenvalue weighted by Crippen LogP contribution is -2.14. The van der Waals surface area contributed by atoms with E-state index in [0.717, 1.165) is 27.4 Å². The molecular formula is C15H20BrN5. The number of hydrogen-bond donors (Lipinski definition) is 3. The standard InChI is InChI=1S/C15H20BrN5/c1-8(2)13-19-14(10(4)15(20-13)21-17)18-11-6-5-9(3)12(16)7-11/h5-8H,17H2,1-4H3,(H2,18,19,20,21). The predicted molar refractivity (Wildman–Crippen MR) is 90.8 cm³/mol. The fraction of sp³-hybridized carbons (Fsp3) is 0.333.